The van der Waals surface area contributed by atoms with E-state index < -0.39 is 11.9 Å². The van der Waals surface area contributed by atoms with Crippen molar-refractivity contribution in [1.29, 1.82) is 0 Å². The van der Waals surface area contributed by atoms with E-state index in [2.05, 4.69) is 6.58 Å². The normalized spacial score (nSPS) is 16.5. The summed E-state index contributed by atoms with van der Waals surface area (Å²) in [5.74, 6) is -0.705. The van der Waals surface area contributed by atoms with E-state index in [1.165, 1.54) is 18.0 Å². The van der Waals surface area contributed by atoms with E-state index in [1.807, 2.05) is 10.6 Å². The van der Waals surface area contributed by atoms with Crippen LogP contribution in [0.15, 0.2) is 46.4 Å². The molecule has 1 unspecified atom stereocenters. The second-order valence-electron chi connectivity index (χ2n) is 5.02. The summed E-state index contributed by atoms with van der Waals surface area (Å²) < 4.78 is 7.02. The fraction of sp³-hybridized carbons (Fsp3) is 0.250. The standard InChI is InChI=1S/C16H15NO4S/c1-2-8-22-13-9-11-10(16(19)20)5-6-17(11)14(13)15(18)12-4-3-7-21-12/h2-4,7,9-10H,1,5-6,8H2,(H,19,20). The number of furan rings is 1. The van der Waals surface area contributed by atoms with Gasteiger partial charge >= 0.3 is 5.97 Å². The molecule has 6 heteroatoms. The minimum absolute atomic E-state index is 0.214. The monoisotopic (exact) mass is 317 g/mol. The number of nitrogens with zero attached hydrogens (tertiary/aromatic N) is 1. The van der Waals surface area contributed by atoms with Crippen molar-refractivity contribution in [2.45, 2.75) is 23.8 Å². The van der Waals surface area contributed by atoms with Crippen molar-refractivity contribution >= 4 is 23.5 Å². The molecule has 3 heterocycles. The molecule has 0 radical (unpaired) electrons. The predicted octanol–water partition coefficient (Wildman–Crippen LogP) is 3.16. The van der Waals surface area contributed by atoms with Gasteiger partial charge in [0.15, 0.2) is 5.76 Å². The second kappa shape index (κ2) is 5.88. The van der Waals surface area contributed by atoms with Gasteiger partial charge in [0.05, 0.1) is 12.2 Å². The molecular weight excluding hydrogens is 302 g/mol. The van der Waals surface area contributed by atoms with Crippen LogP contribution < -0.4 is 0 Å². The van der Waals surface area contributed by atoms with Crippen molar-refractivity contribution in [1.82, 2.24) is 4.57 Å². The first-order valence-corrected chi connectivity index (χ1v) is 7.90. The van der Waals surface area contributed by atoms with Gasteiger partial charge in [-0.05, 0) is 24.6 Å². The van der Waals surface area contributed by atoms with Gasteiger partial charge in [-0.3, -0.25) is 9.59 Å². The number of hydrogen-bond acceptors (Lipinski definition) is 4. The van der Waals surface area contributed by atoms with Crippen LogP contribution in [-0.4, -0.2) is 27.2 Å². The molecule has 0 aromatic carbocycles. The van der Waals surface area contributed by atoms with E-state index >= 15 is 0 Å². The number of thioether (sulfide) groups is 1. The molecule has 114 valence electrons. The summed E-state index contributed by atoms with van der Waals surface area (Å²) in [5.41, 5.74) is 1.20. The van der Waals surface area contributed by atoms with Crippen molar-refractivity contribution in [3.8, 4) is 0 Å². The maximum atomic E-state index is 12.7. The number of fused-ring (bicyclic) bond motifs is 1. The van der Waals surface area contributed by atoms with Crippen LogP contribution in [0.4, 0.5) is 0 Å². The molecule has 5 nitrogen and oxygen atoms in total. The topological polar surface area (TPSA) is 72.4 Å². The Morgan fingerprint density at radius 1 is 1.55 bits per heavy atom. The molecule has 2 aromatic rings. The van der Waals surface area contributed by atoms with Gasteiger partial charge < -0.3 is 14.1 Å². The molecule has 1 aliphatic heterocycles. The predicted molar refractivity (Wildman–Crippen MR) is 82.5 cm³/mol. The highest BCUT2D eigenvalue weighted by atomic mass is 32.2. The minimum Gasteiger partial charge on any atom is -0.481 e. The Labute approximate surface area is 131 Å². The van der Waals surface area contributed by atoms with Gasteiger partial charge in [-0.1, -0.05) is 6.08 Å². The number of carbonyl (C=O) groups is 2. The maximum Gasteiger partial charge on any atom is 0.312 e. The molecule has 0 saturated carbocycles. The van der Waals surface area contributed by atoms with Crippen LogP contribution in [-0.2, 0) is 11.3 Å². The van der Waals surface area contributed by atoms with Crippen molar-refractivity contribution in [2.75, 3.05) is 5.75 Å². The van der Waals surface area contributed by atoms with Crippen LogP contribution in [0.5, 0.6) is 0 Å². The van der Waals surface area contributed by atoms with Crippen LogP contribution in [0.25, 0.3) is 0 Å². The molecule has 1 aliphatic rings. The van der Waals surface area contributed by atoms with Crippen molar-refractivity contribution in [3.05, 3.63) is 54.3 Å². The van der Waals surface area contributed by atoms with Crippen LogP contribution in [0.3, 0.4) is 0 Å². The molecule has 0 amide bonds. The van der Waals surface area contributed by atoms with Crippen molar-refractivity contribution in [2.24, 2.45) is 0 Å². The highest BCUT2D eigenvalue weighted by Gasteiger charge is 2.34. The summed E-state index contributed by atoms with van der Waals surface area (Å²) in [5, 5.41) is 9.32. The van der Waals surface area contributed by atoms with Gasteiger partial charge in [-0.25, -0.2) is 0 Å². The molecule has 0 saturated heterocycles. The number of ketones is 1. The fourth-order valence-electron chi connectivity index (χ4n) is 2.75. The van der Waals surface area contributed by atoms with Crippen LogP contribution in [0.2, 0.25) is 0 Å². The summed E-state index contributed by atoms with van der Waals surface area (Å²) in [6.07, 6.45) is 3.72. The van der Waals surface area contributed by atoms with Crippen LogP contribution >= 0.6 is 11.8 Å². The first-order chi connectivity index (χ1) is 10.6. The van der Waals surface area contributed by atoms with Gasteiger partial charge in [0.2, 0.25) is 5.78 Å². The highest BCUT2D eigenvalue weighted by molar-refractivity contribution is 7.99. The molecule has 2 aromatic heterocycles. The SMILES string of the molecule is C=CCSc1cc2n(c1C(=O)c1ccco1)CCC2C(=O)O. The molecule has 22 heavy (non-hydrogen) atoms. The van der Waals surface area contributed by atoms with Gasteiger partial charge in [0.1, 0.15) is 5.69 Å². The molecule has 3 rings (SSSR count). The zero-order valence-electron chi connectivity index (χ0n) is 11.8. The molecule has 1 atom stereocenters. The summed E-state index contributed by atoms with van der Waals surface area (Å²) in [4.78, 5) is 24.8. The number of rotatable bonds is 6. The summed E-state index contributed by atoms with van der Waals surface area (Å²) in [6, 6.07) is 5.10. The zero-order valence-corrected chi connectivity index (χ0v) is 12.6. The largest absolute Gasteiger partial charge is 0.481 e. The Hall–Kier alpha value is -2.21. The Morgan fingerprint density at radius 3 is 3.00 bits per heavy atom. The number of carboxylic acids is 1. The second-order valence-corrected chi connectivity index (χ2v) is 6.08. The average Bonchev–Trinajstić information content (AvgIpc) is 3.19. The van der Waals surface area contributed by atoms with Gasteiger partial charge in [-0.2, -0.15) is 0 Å². The van der Waals surface area contributed by atoms with Gasteiger partial charge in [0.25, 0.3) is 0 Å². The van der Waals surface area contributed by atoms with E-state index in [-0.39, 0.29) is 11.5 Å². The lowest BCUT2D eigenvalue weighted by molar-refractivity contribution is -0.138. The third kappa shape index (κ3) is 2.39. The third-order valence-corrected chi connectivity index (χ3v) is 4.73. The van der Waals surface area contributed by atoms with E-state index in [1.54, 1.807) is 18.2 Å². The van der Waals surface area contributed by atoms with Gasteiger partial charge in [0, 0.05) is 22.9 Å². The van der Waals surface area contributed by atoms with E-state index in [0.29, 0.717) is 30.1 Å². The van der Waals surface area contributed by atoms with Crippen LogP contribution in [0.1, 0.15) is 34.3 Å². The molecule has 1 N–H and O–H groups in total. The molecule has 0 spiro atoms. The van der Waals surface area contributed by atoms with Gasteiger partial charge in [-0.15, -0.1) is 18.3 Å². The first kappa shape index (κ1) is 14.7. The number of aliphatic carboxylic acids is 1. The number of carboxylic acid groups (broad SMARTS) is 1. The Morgan fingerprint density at radius 2 is 2.36 bits per heavy atom. The third-order valence-electron chi connectivity index (χ3n) is 3.71. The molecular formula is C16H15NO4S. The van der Waals surface area contributed by atoms with Crippen molar-refractivity contribution in [3.63, 3.8) is 0 Å². The molecule has 0 fully saturated rings. The Bertz CT molecular complexity index is 730. The lowest BCUT2D eigenvalue weighted by Gasteiger charge is -2.06. The number of hydrogen-bond donors (Lipinski definition) is 1. The maximum absolute atomic E-state index is 12.7. The zero-order chi connectivity index (χ0) is 15.7. The average molecular weight is 317 g/mol. The smallest absolute Gasteiger partial charge is 0.312 e. The summed E-state index contributed by atoms with van der Waals surface area (Å²) in [6.45, 7) is 4.21. The summed E-state index contributed by atoms with van der Waals surface area (Å²) >= 11 is 1.48. The first-order valence-electron chi connectivity index (χ1n) is 6.91. The summed E-state index contributed by atoms with van der Waals surface area (Å²) in [7, 11) is 0. The van der Waals surface area contributed by atoms with E-state index in [9.17, 15) is 14.7 Å². The fourth-order valence-corrected chi connectivity index (χ4v) is 3.59. The van der Waals surface area contributed by atoms with Crippen LogP contribution in [0, 0.1) is 0 Å². The minimum atomic E-state index is -0.853. The number of aromatic nitrogens is 1. The highest BCUT2D eigenvalue weighted by Crippen LogP contribution is 2.38. The number of carbonyl (C=O) groups excluding carboxylic acids is 1. The van der Waals surface area contributed by atoms with E-state index in [0.717, 1.165) is 4.90 Å². The quantitative estimate of drug-likeness (QED) is 0.503. The van der Waals surface area contributed by atoms with E-state index in [4.69, 9.17) is 4.42 Å². The lowest BCUT2D eigenvalue weighted by atomic mass is 10.1. The van der Waals surface area contributed by atoms with Crippen molar-refractivity contribution < 1.29 is 19.1 Å². The molecule has 0 aliphatic carbocycles. The lowest BCUT2D eigenvalue weighted by Crippen LogP contribution is -2.10. The Balaban J connectivity index is 2.07. The Kier molecular flexibility index (Phi) is 3.94. The molecule has 0 bridgehead atoms.